The van der Waals surface area contributed by atoms with Gasteiger partial charge in [0.15, 0.2) is 0 Å². The third-order valence-corrected chi connectivity index (χ3v) is 8.91. The summed E-state index contributed by atoms with van der Waals surface area (Å²) in [5, 5.41) is 0.733. The number of nitrogens with one attached hydrogen (secondary N) is 1. The van der Waals surface area contributed by atoms with Crippen LogP contribution in [0.3, 0.4) is 0 Å². The van der Waals surface area contributed by atoms with E-state index in [1.54, 1.807) is 18.2 Å². The van der Waals surface area contributed by atoms with Crippen molar-refractivity contribution in [2.24, 2.45) is 11.8 Å². The molecule has 2 aliphatic heterocycles. The second-order valence-electron chi connectivity index (χ2n) is 9.59. The molecule has 0 amide bonds. The molecule has 0 aliphatic carbocycles. The molecule has 1 N–H and O–H groups in total. The number of H-pyrrole nitrogens is 1. The van der Waals surface area contributed by atoms with Crippen LogP contribution >= 0.6 is 0 Å². The number of aromatic nitrogens is 1. The topological polar surface area (TPSA) is 82.7 Å². The number of carbonyl (C=O) groups is 1. The number of sulfonamides is 1. The van der Waals surface area contributed by atoms with E-state index in [0.717, 1.165) is 27.7 Å². The summed E-state index contributed by atoms with van der Waals surface area (Å²) < 4.78 is 60.1. The lowest BCUT2D eigenvalue weighted by Crippen LogP contribution is -2.46. The van der Waals surface area contributed by atoms with Crippen molar-refractivity contribution in [2.75, 3.05) is 40.8 Å². The minimum Gasteiger partial charge on any atom is -0.469 e. The molecule has 10 heteroatoms. The van der Waals surface area contributed by atoms with Crippen LogP contribution in [0.15, 0.2) is 23.1 Å². The zero-order valence-electron chi connectivity index (χ0n) is 19.4. The summed E-state index contributed by atoms with van der Waals surface area (Å²) in [4.78, 5) is 18.4. The molecule has 2 aliphatic rings. The molecule has 2 bridgehead atoms. The van der Waals surface area contributed by atoms with Gasteiger partial charge in [-0.25, -0.2) is 21.5 Å². The average Bonchev–Trinajstić information content (AvgIpc) is 3.13. The standard InChI is InChI=1S/C23H31F2N3O4S/c1-23(24,25)15-9-14-10-19(22(29)32-4)21-17(7-8-28(12-14)13-15)18-11-16(5-6-20(18)26-21)33(30,31)27(2)3/h5-6,11,14-15,19,26H,7-10,12-13H2,1-4H3/t14-,15?,19-/m1/s1. The molecule has 33 heavy (non-hydrogen) atoms. The summed E-state index contributed by atoms with van der Waals surface area (Å²) in [6.07, 6.45) is 1.27. The highest BCUT2D eigenvalue weighted by Crippen LogP contribution is 2.41. The molecule has 1 aromatic carbocycles. The summed E-state index contributed by atoms with van der Waals surface area (Å²) in [6.45, 7) is 2.49. The Bertz CT molecular complexity index is 1160. The van der Waals surface area contributed by atoms with Gasteiger partial charge in [-0.05, 0) is 55.9 Å². The first kappa shape index (κ1) is 24.1. The number of methoxy groups -OCH3 is 1. The van der Waals surface area contributed by atoms with E-state index >= 15 is 0 Å². The smallest absolute Gasteiger partial charge is 0.314 e. The van der Waals surface area contributed by atoms with Crippen molar-refractivity contribution in [3.8, 4) is 0 Å². The highest BCUT2D eigenvalue weighted by atomic mass is 32.2. The van der Waals surface area contributed by atoms with Crippen molar-refractivity contribution in [3.63, 3.8) is 0 Å². The van der Waals surface area contributed by atoms with E-state index in [1.165, 1.54) is 21.2 Å². The highest BCUT2D eigenvalue weighted by Gasteiger charge is 2.43. The van der Waals surface area contributed by atoms with Gasteiger partial charge in [0.2, 0.25) is 15.9 Å². The largest absolute Gasteiger partial charge is 0.469 e. The normalized spacial score (nSPS) is 26.4. The maximum atomic E-state index is 14.2. The van der Waals surface area contributed by atoms with Crippen LogP contribution in [-0.4, -0.2) is 75.3 Å². The van der Waals surface area contributed by atoms with Gasteiger partial charge in [0, 0.05) is 56.2 Å². The van der Waals surface area contributed by atoms with Gasteiger partial charge in [-0.3, -0.25) is 4.79 Å². The predicted octanol–water partition coefficient (Wildman–Crippen LogP) is 3.21. The van der Waals surface area contributed by atoms with E-state index < -0.39 is 33.8 Å². The summed E-state index contributed by atoms with van der Waals surface area (Å²) in [5.41, 5.74) is 2.29. The van der Waals surface area contributed by atoms with Crippen LogP contribution in [0.5, 0.6) is 0 Å². The molecule has 0 spiro atoms. The molecule has 4 rings (SSSR count). The number of fused-ring (bicyclic) bond motifs is 5. The fourth-order valence-corrected chi connectivity index (χ4v) is 6.21. The molecular formula is C23H31F2N3O4S. The van der Waals surface area contributed by atoms with Crippen LogP contribution < -0.4 is 0 Å². The molecule has 0 radical (unpaired) electrons. The van der Waals surface area contributed by atoms with Gasteiger partial charge in [0.1, 0.15) is 0 Å². The Kier molecular flexibility index (Phi) is 6.30. The first-order valence-corrected chi connectivity index (χ1v) is 12.6. The van der Waals surface area contributed by atoms with E-state index in [4.69, 9.17) is 4.74 Å². The van der Waals surface area contributed by atoms with Crippen LogP contribution in [0.25, 0.3) is 10.9 Å². The SMILES string of the molecule is COC(=O)[C@@H]1C[C@H]2CC(C(C)(F)F)CN(CCc3c1[nH]c1ccc(S(=O)(=O)N(C)C)cc31)C2. The van der Waals surface area contributed by atoms with E-state index in [1.807, 2.05) is 0 Å². The fraction of sp³-hybridized carbons (Fsp3) is 0.609. The zero-order chi connectivity index (χ0) is 24.1. The van der Waals surface area contributed by atoms with Crippen LogP contribution in [0.4, 0.5) is 8.78 Å². The monoisotopic (exact) mass is 483 g/mol. The first-order valence-electron chi connectivity index (χ1n) is 11.2. The number of piperidine rings is 1. The van der Waals surface area contributed by atoms with Crippen molar-refractivity contribution in [1.29, 1.82) is 0 Å². The Morgan fingerprint density at radius 3 is 2.61 bits per heavy atom. The Hall–Kier alpha value is -2.04. The molecule has 2 unspecified atom stereocenters. The van der Waals surface area contributed by atoms with E-state index in [9.17, 15) is 22.0 Å². The zero-order valence-corrected chi connectivity index (χ0v) is 20.2. The number of hydrogen-bond acceptors (Lipinski definition) is 5. The number of benzene rings is 1. The molecule has 7 nitrogen and oxygen atoms in total. The number of esters is 1. The number of nitrogens with zero attached hydrogens (tertiary/aromatic N) is 2. The third-order valence-electron chi connectivity index (χ3n) is 7.10. The van der Waals surface area contributed by atoms with Crippen LogP contribution in [0, 0.1) is 11.8 Å². The van der Waals surface area contributed by atoms with Gasteiger partial charge in [-0.1, -0.05) is 0 Å². The van der Waals surface area contributed by atoms with Crippen molar-refractivity contribution >= 4 is 26.9 Å². The molecule has 1 saturated heterocycles. The Morgan fingerprint density at radius 2 is 1.97 bits per heavy atom. The molecule has 4 atom stereocenters. The lowest BCUT2D eigenvalue weighted by Gasteiger charge is -2.40. The maximum absolute atomic E-state index is 14.2. The minimum atomic E-state index is -3.63. The van der Waals surface area contributed by atoms with E-state index in [0.29, 0.717) is 44.6 Å². The van der Waals surface area contributed by atoms with Crippen LogP contribution in [-0.2, 0) is 26.0 Å². The van der Waals surface area contributed by atoms with Crippen molar-refractivity contribution in [3.05, 3.63) is 29.5 Å². The summed E-state index contributed by atoms with van der Waals surface area (Å²) >= 11 is 0. The lowest BCUT2D eigenvalue weighted by atomic mass is 9.80. The van der Waals surface area contributed by atoms with Gasteiger partial charge < -0.3 is 14.6 Å². The number of rotatable bonds is 4. The molecule has 1 fully saturated rings. The maximum Gasteiger partial charge on any atom is 0.314 e. The number of aromatic amines is 1. The van der Waals surface area contributed by atoms with E-state index in [-0.39, 0.29) is 10.8 Å². The summed E-state index contributed by atoms with van der Waals surface area (Å²) in [6, 6.07) is 4.90. The summed E-state index contributed by atoms with van der Waals surface area (Å²) in [7, 11) is 0.651. The fourth-order valence-electron chi connectivity index (χ4n) is 5.29. The van der Waals surface area contributed by atoms with Crippen LogP contribution in [0.2, 0.25) is 0 Å². The first-order chi connectivity index (χ1) is 15.4. The van der Waals surface area contributed by atoms with E-state index in [2.05, 4.69) is 9.88 Å². The van der Waals surface area contributed by atoms with Gasteiger partial charge in [0.05, 0.1) is 17.9 Å². The van der Waals surface area contributed by atoms with Crippen molar-refractivity contribution in [1.82, 2.24) is 14.2 Å². The van der Waals surface area contributed by atoms with Crippen LogP contribution in [0.1, 0.15) is 36.9 Å². The number of halogens is 2. The second kappa shape index (κ2) is 8.63. The lowest BCUT2D eigenvalue weighted by molar-refractivity contribution is -0.143. The second-order valence-corrected chi connectivity index (χ2v) is 11.7. The number of alkyl halides is 2. The van der Waals surface area contributed by atoms with Crippen molar-refractivity contribution in [2.45, 2.75) is 42.9 Å². The number of hydrogen-bond donors (Lipinski definition) is 1. The number of carbonyl (C=O) groups excluding carboxylic acids is 1. The van der Waals surface area contributed by atoms with Gasteiger partial charge in [0.25, 0.3) is 0 Å². The Morgan fingerprint density at radius 1 is 1.24 bits per heavy atom. The molecule has 3 heterocycles. The molecule has 182 valence electrons. The summed E-state index contributed by atoms with van der Waals surface area (Å²) in [5.74, 6) is -4.66. The van der Waals surface area contributed by atoms with Gasteiger partial charge in [-0.15, -0.1) is 0 Å². The van der Waals surface area contributed by atoms with Gasteiger partial charge in [-0.2, -0.15) is 0 Å². The molecule has 2 aromatic rings. The van der Waals surface area contributed by atoms with Crippen molar-refractivity contribution < 1.29 is 26.7 Å². The molecular weight excluding hydrogens is 452 g/mol. The third kappa shape index (κ3) is 4.52. The Labute approximate surface area is 193 Å². The quantitative estimate of drug-likeness (QED) is 0.676. The molecule has 0 saturated carbocycles. The van der Waals surface area contributed by atoms with Gasteiger partial charge >= 0.3 is 5.97 Å². The predicted molar refractivity (Wildman–Crippen MR) is 121 cm³/mol. The average molecular weight is 484 g/mol. The number of ether oxygens (including phenoxy) is 1. The minimum absolute atomic E-state index is 0.0688. The highest BCUT2D eigenvalue weighted by molar-refractivity contribution is 7.89. The Balaban J connectivity index is 1.82. The molecule has 1 aromatic heterocycles.